The minimum Gasteiger partial charge on any atom is -0.0840 e. The Morgan fingerprint density at radius 3 is 2.06 bits per heavy atom. The molecule has 0 saturated heterocycles. The van der Waals surface area contributed by atoms with E-state index in [1.165, 1.54) is 81.8 Å². The van der Waals surface area contributed by atoms with Crippen molar-refractivity contribution in [2.75, 3.05) is 0 Å². The molecule has 2 aromatic rings. The van der Waals surface area contributed by atoms with Crippen LogP contribution in [0.25, 0.3) is 0 Å². The van der Waals surface area contributed by atoms with Gasteiger partial charge in [0.15, 0.2) is 0 Å². The van der Waals surface area contributed by atoms with Gasteiger partial charge < -0.3 is 0 Å². The Bertz CT molecular complexity index is 981. The van der Waals surface area contributed by atoms with Gasteiger partial charge >= 0.3 is 0 Å². The second-order valence-electron chi connectivity index (χ2n) is 11.5. The van der Waals surface area contributed by atoms with Gasteiger partial charge in [0, 0.05) is 0 Å². The van der Waals surface area contributed by atoms with Crippen LogP contribution in [0.5, 0.6) is 0 Å². The molecule has 1 atom stereocenters. The van der Waals surface area contributed by atoms with Crippen LogP contribution in [0.3, 0.4) is 0 Å². The van der Waals surface area contributed by atoms with E-state index in [2.05, 4.69) is 96.2 Å². The Morgan fingerprint density at radius 2 is 1.50 bits per heavy atom. The Labute approximate surface area is 223 Å². The van der Waals surface area contributed by atoms with E-state index in [0.29, 0.717) is 0 Å². The van der Waals surface area contributed by atoms with Gasteiger partial charge in [0.25, 0.3) is 0 Å². The van der Waals surface area contributed by atoms with Crippen molar-refractivity contribution in [3.63, 3.8) is 0 Å². The second kappa shape index (κ2) is 14.6. The lowest BCUT2D eigenvalue weighted by Gasteiger charge is -2.11. The van der Waals surface area contributed by atoms with Crippen LogP contribution in [0.1, 0.15) is 132 Å². The molecule has 0 aromatic heterocycles. The third kappa shape index (κ3) is 8.79. The molecule has 0 amide bonds. The summed E-state index contributed by atoms with van der Waals surface area (Å²) < 4.78 is 0. The zero-order valence-electron chi connectivity index (χ0n) is 24.2. The monoisotopic (exact) mass is 484 g/mol. The molecular formula is C36H52. The van der Waals surface area contributed by atoms with Gasteiger partial charge in [-0.3, -0.25) is 0 Å². The average molecular weight is 485 g/mol. The highest BCUT2D eigenvalue weighted by Crippen LogP contribution is 2.40. The summed E-state index contributed by atoms with van der Waals surface area (Å²) in [5.74, 6) is 2.56. The highest BCUT2D eigenvalue weighted by atomic mass is 14.3. The maximum absolute atomic E-state index is 2.46. The van der Waals surface area contributed by atoms with Crippen molar-refractivity contribution >= 4 is 0 Å². The summed E-state index contributed by atoms with van der Waals surface area (Å²) in [6, 6.07) is 14.2. The minimum absolute atomic E-state index is 0.793. The number of hydrogen-bond acceptors (Lipinski definition) is 0. The molecule has 5 rings (SSSR count). The zero-order chi connectivity index (χ0) is 25.9. The normalized spacial score (nSPS) is 18.1. The highest BCUT2D eigenvalue weighted by Gasteiger charge is 2.23. The molecule has 1 saturated carbocycles. The predicted molar refractivity (Wildman–Crippen MR) is 160 cm³/mol. The maximum Gasteiger partial charge on any atom is -0.0162 e. The Hall–Kier alpha value is -2.08. The Morgan fingerprint density at radius 1 is 0.833 bits per heavy atom. The van der Waals surface area contributed by atoms with Crippen molar-refractivity contribution in [3.05, 3.63) is 93.6 Å². The lowest BCUT2D eigenvalue weighted by Crippen LogP contribution is -1.96. The third-order valence-electron chi connectivity index (χ3n) is 8.22. The molecule has 0 heteroatoms. The van der Waals surface area contributed by atoms with E-state index in [4.69, 9.17) is 0 Å². The first-order valence-corrected chi connectivity index (χ1v) is 15.0. The van der Waals surface area contributed by atoms with E-state index in [1.807, 2.05) is 0 Å². The lowest BCUT2D eigenvalue weighted by atomic mass is 9.94. The quantitative estimate of drug-likeness (QED) is 0.366. The molecular weight excluding hydrogens is 432 g/mol. The van der Waals surface area contributed by atoms with E-state index in [0.717, 1.165) is 17.8 Å². The SMILES string of the molecule is C1=CC(CCc2ccc(C3CC3)cc2)=CCC1.CCC(C)C.CCc1cc2c(cc1CC)C(C)CC2. The Balaban J connectivity index is 0.000000172. The van der Waals surface area contributed by atoms with E-state index in [1.54, 1.807) is 27.8 Å². The van der Waals surface area contributed by atoms with E-state index in [9.17, 15) is 0 Å². The summed E-state index contributed by atoms with van der Waals surface area (Å²) >= 11 is 0. The molecule has 1 unspecified atom stereocenters. The van der Waals surface area contributed by atoms with E-state index < -0.39 is 0 Å². The molecule has 196 valence electrons. The van der Waals surface area contributed by atoms with Crippen LogP contribution >= 0.6 is 0 Å². The Kier molecular flexibility index (Phi) is 11.6. The first-order chi connectivity index (χ1) is 17.4. The van der Waals surface area contributed by atoms with Crippen molar-refractivity contribution in [1.82, 2.24) is 0 Å². The molecule has 0 radical (unpaired) electrons. The van der Waals surface area contributed by atoms with Gasteiger partial charge in [0.2, 0.25) is 0 Å². The van der Waals surface area contributed by atoms with Gasteiger partial charge in [-0.05, 0) is 115 Å². The molecule has 3 aliphatic carbocycles. The van der Waals surface area contributed by atoms with Gasteiger partial charge in [-0.15, -0.1) is 0 Å². The van der Waals surface area contributed by atoms with Gasteiger partial charge in [-0.1, -0.05) is 108 Å². The highest BCUT2D eigenvalue weighted by molar-refractivity contribution is 5.43. The number of allylic oxidation sites excluding steroid dienone is 4. The van der Waals surface area contributed by atoms with Gasteiger partial charge in [0.05, 0.1) is 0 Å². The number of fused-ring (bicyclic) bond motifs is 1. The van der Waals surface area contributed by atoms with E-state index in [-0.39, 0.29) is 0 Å². The number of rotatable bonds is 7. The fraction of sp³-hybridized carbons (Fsp3) is 0.556. The molecule has 2 aromatic carbocycles. The second-order valence-corrected chi connectivity index (χ2v) is 11.5. The van der Waals surface area contributed by atoms with Crippen LogP contribution in [-0.4, -0.2) is 0 Å². The zero-order valence-corrected chi connectivity index (χ0v) is 24.2. The first kappa shape index (κ1) is 28.5. The summed E-state index contributed by atoms with van der Waals surface area (Å²) in [5, 5.41) is 0. The van der Waals surface area contributed by atoms with E-state index >= 15 is 0 Å². The first-order valence-electron chi connectivity index (χ1n) is 15.0. The third-order valence-corrected chi connectivity index (χ3v) is 8.22. The van der Waals surface area contributed by atoms with Crippen molar-refractivity contribution in [2.24, 2.45) is 5.92 Å². The van der Waals surface area contributed by atoms with Crippen LogP contribution in [-0.2, 0) is 25.7 Å². The summed E-state index contributed by atoms with van der Waals surface area (Å²) in [5.41, 5.74) is 10.9. The molecule has 36 heavy (non-hydrogen) atoms. The van der Waals surface area contributed by atoms with Crippen LogP contribution in [0.2, 0.25) is 0 Å². The number of aryl methyl sites for hydroxylation is 4. The maximum atomic E-state index is 2.46. The number of hydrogen-bond donors (Lipinski definition) is 0. The van der Waals surface area contributed by atoms with Gasteiger partial charge in [0.1, 0.15) is 0 Å². The fourth-order valence-corrected chi connectivity index (χ4v) is 5.14. The molecule has 0 spiro atoms. The van der Waals surface area contributed by atoms with Crippen LogP contribution in [0.15, 0.2) is 60.2 Å². The van der Waals surface area contributed by atoms with Gasteiger partial charge in [-0.25, -0.2) is 0 Å². The standard InChI is InChI=1S/C17H20.C14H20.C5H12/c1-2-4-14(5-3-1)6-7-15-8-10-16(11-9-15)17-12-13-17;1-4-11-8-13-7-6-10(3)14(13)9-12(11)5-2;1-4-5(2)3/h2,4-5,8-11,17H,1,3,6-7,12-13H2;8-10H,4-7H2,1-3H3;5H,4H2,1-3H3. The van der Waals surface area contributed by atoms with Crippen LogP contribution < -0.4 is 0 Å². The summed E-state index contributed by atoms with van der Waals surface area (Å²) in [6.07, 6.45) is 20.9. The molecule has 3 aliphatic rings. The topological polar surface area (TPSA) is 0 Å². The largest absolute Gasteiger partial charge is 0.0840 e. The smallest absolute Gasteiger partial charge is 0.0162 e. The molecule has 0 bridgehead atoms. The van der Waals surface area contributed by atoms with Crippen LogP contribution in [0.4, 0.5) is 0 Å². The summed E-state index contributed by atoms with van der Waals surface area (Å²) in [6.45, 7) is 13.5. The summed E-state index contributed by atoms with van der Waals surface area (Å²) in [4.78, 5) is 0. The van der Waals surface area contributed by atoms with Crippen molar-refractivity contribution in [1.29, 1.82) is 0 Å². The van der Waals surface area contributed by atoms with Crippen molar-refractivity contribution in [2.45, 2.75) is 124 Å². The molecule has 0 aliphatic heterocycles. The van der Waals surface area contributed by atoms with Crippen molar-refractivity contribution in [3.8, 4) is 0 Å². The van der Waals surface area contributed by atoms with Gasteiger partial charge in [-0.2, -0.15) is 0 Å². The van der Waals surface area contributed by atoms with Crippen molar-refractivity contribution < 1.29 is 0 Å². The molecule has 1 fully saturated rings. The predicted octanol–water partition coefficient (Wildman–Crippen LogP) is 10.7. The fourth-order valence-electron chi connectivity index (χ4n) is 5.14. The van der Waals surface area contributed by atoms with Crippen LogP contribution in [0, 0.1) is 5.92 Å². The molecule has 0 heterocycles. The minimum atomic E-state index is 0.793. The average Bonchev–Trinajstić information content (AvgIpc) is 3.71. The lowest BCUT2D eigenvalue weighted by molar-refractivity contribution is 0.626. The number of benzene rings is 2. The molecule has 0 nitrogen and oxygen atoms in total. The molecule has 0 N–H and O–H groups in total. The summed E-state index contributed by atoms with van der Waals surface area (Å²) in [7, 11) is 0.